The Morgan fingerprint density at radius 2 is 1.55 bits per heavy atom. The molecule has 31 heavy (non-hydrogen) atoms. The quantitative estimate of drug-likeness (QED) is 0.493. The number of hydrogen-bond acceptors (Lipinski definition) is 2. The van der Waals surface area contributed by atoms with E-state index in [9.17, 15) is 5.11 Å². The van der Waals surface area contributed by atoms with Gasteiger partial charge in [0.05, 0.1) is 5.54 Å². The Kier molecular flexibility index (Phi) is 5.37. The third kappa shape index (κ3) is 3.84. The zero-order valence-electron chi connectivity index (χ0n) is 19.7. The maximum Gasteiger partial charge on any atom is 0.115 e. The highest BCUT2D eigenvalue weighted by Gasteiger charge is 2.40. The summed E-state index contributed by atoms with van der Waals surface area (Å²) < 4.78 is 0. The number of nitrogens with zero attached hydrogens (tertiary/aromatic N) is 1. The van der Waals surface area contributed by atoms with Crippen LogP contribution in [0.25, 0.3) is 0 Å². The van der Waals surface area contributed by atoms with Crippen LogP contribution < -0.4 is 4.90 Å². The molecule has 0 aliphatic carbocycles. The van der Waals surface area contributed by atoms with E-state index in [1.165, 1.54) is 33.5 Å². The van der Waals surface area contributed by atoms with E-state index in [2.05, 4.69) is 101 Å². The van der Waals surface area contributed by atoms with Crippen molar-refractivity contribution in [3.8, 4) is 5.75 Å². The van der Waals surface area contributed by atoms with Crippen LogP contribution >= 0.6 is 0 Å². The van der Waals surface area contributed by atoms with Gasteiger partial charge in [-0.2, -0.15) is 0 Å². The third-order valence-corrected chi connectivity index (χ3v) is 6.94. The second-order valence-corrected chi connectivity index (χ2v) is 10.4. The summed E-state index contributed by atoms with van der Waals surface area (Å²) in [5.74, 6) is 0.859. The van der Waals surface area contributed by atoms with E-state index in [-0.39, 0.29) is 11.0 Å². The lowest BCUT2D eigenvalue weighted by Crippen LogP contribution is -2.49. The Morgan fingerprint density at radius 1 is 0.903 bits per heavy atom. The molecule has 162 valence electrons. The Morgan fingerprint density at radius 3 is 2.13 bits per heavy atom. The van der Waals surface area contributed by atoms with Crippen LogP contribution in [0.5, 0.6) is 5.75 Å². The summed E-state index contributed by atoms with van der Waals surface area (Å²) in [6.45, 7) is 14.5. The number of phenolic OH excluding ortho intramolecular Hbond substituents is 1. The number of hydrogen-bond donors (Lipinski definition) is 1. The van der Waals surface area contributed by atoms with Gasteiger partial charge in [-0.3, -0.25) is 0 Å². The molecule has 0 bridgehead atoms. The molecule has 2 heteroatoms. The van der Waals surface area contributed by atoms with Gasteiger partial charge >= 0.3 is 0 Å². The Balaban J connectivity index is 1.85. The second kappa shape index (κ2) is 7.75. The molecule has 0 fully saturated rings. The average molecular weight is 414 g/mol. The molecule has 3 aromatic carbocycles. The molecule has 1 atom stereocenters. The maximum atomic E-state index is 10.1. The van der Waals surface area contributed by atoms with Gasteiger partial charge in [-0.25, -0.2) is 0 Å². The highest BCUT2D eigenvalue weighted by Crippen LogP contribution is 2.44. The number of fused-ring (bicyclic) bond motifs is 1. The lowest BCUT2D eigenvalue weighted by atomic mass is 9.76. The van der Waals surface area contributed by atoms with Crippen molar-refractivity contribution in [2.75, 3.05) is 11.4 Å². The van der Waals surface area contributed by atoms with Gasteiger partial charge in [0.25, 0.3) is 0 Å². The minimum Gasteiger partial charge on any atom is -0.508 e. The Labute approximate surface area is 187 Å². The molecule has 3 aromatic rings. The summed E-state index contributed by atoms with van der Waals surface area (Å²) in [7, 11) is 0. The van der Waals surface area contributed by atoms with Crippen molar-refractivity contribution < 1.29 is 5.11 Å². The highest BCUT2D eigenvalue weighted by molar-refractivity contribution is 5.61. The van der Waals surface area contributed by atoms with Crippen LogP contribution in [0.4, 0.5) is 5.69 Å². The van der Waals surface area contributed by atoms with Gasteiger partial charge in [-0.1, -0.05) is 77.1 Å². The minimum atomic E-state index is -0.306. The predicted molar refractivity (Wildman–Crippen MR) is 131 cm³/mol. The zero-order chi connectivity index (χ0) is 22.4. The average Bonchev–Trinajstić information content (AvgIpc) is 2.73. The predicted octanol–water partition coefficient (Wildman–Crippen LogP) is 7.14. The largest absolute Gasteiger partial charge is 0.508 e. The van der Waals surface area contributed by atoms with Crippen molar-refractivity contribution in [3.05, 3.63) is 94.5 Å². The number of aromatic hydroxyl groups is 1. The summed E-state index contributed by atoms with van der Waals surface area (Å²) in [6, 6.07) is 24.1. The topological polar surface area (TPSA) is 23.5 Å². The van der Waals surface area contributed by atoms with E-state index in [4.69, 9.17) is 0 Å². The summed E-state index contributed by atoms with van der Waals surface area (Å²) in [4.78, 5) is 2.53. The van der Waals surface area contributed by atoms with Crippen molar-refractivity contribution in [1.29, 1.82) is 0 Å². The van der Waals surface area contributed by atoms with Crippen LogP contribution in [0.2, 0.25) is 0 Å². The summed E-state index contributed by atoms with van der Waals surface area (Å²) in [6.07, 6.45) is 0.921. The first-order valence-corrected chi connectivity index (χ1v) is 11.4. The van der Waals surface area contributed by atoms with Crippen LogP contribution in [-0.4, -0.2) is 11.7 Å². The van der Waals surface area contributed by atoms with Gasteiger partial charge in [0.15, 0.2) is 0 Å². The first-order chi connectivity index (χ1) is 14.6. The van der Waals surface area contributed by atoms with Gasteiger partial charge in [0, 0.05) is 12.2 Å². The molecule has 1 aliphatic rings. The van der Waals surface area contributed by atoms with Crippen LogP contribution in [0.1, 0.15) is 75.3 Å². The Hall–Kier alpha value is -2.74. The van der Waals surface area contributed by atoms with Gasteiger partial charge in [0.1, 0.15) is 5.75 Å². The SMILES string of the molecule is CC(C)c1ccc(C2(C)c3ccc(O)cc3CCN2c2ccc(C(C)(C)C)cc2)cc1. The molecule has 1 unspecified atom stereocenters. The van der Waals surface area contributed by atoms with Gasteiger partial charge < -0.3 is 10.0 Å². The molecule has 0 radical (unpaired) electrons. The first-order valence-electron chi connectivity index (χ1n) is 11.4. The fraction of sp³-hybridized carbons (Fsp3) is 0.379. The summed E-state index contributed by atoms with van der Waals surface area (Å²) in [5.41, 5.74) is 7.56. The number of anilines is 1. The zero-order valence-corrected chi connectivity index (χ0v) is 19.7. The lowest BCUT2D eigenvalue weighted by Gasteiger charge is -2.48. The molecule has 2 nitrogen and oxygen atoms in total. The van der Waals surface area contributed by atoms with E-state index < -0.39 is 0 Å². The fourth-order valence-electron chi connectivity index (χ4n) is 4.90. The smallest absolute Gasteiger partial charge is 0.115 e. The molecular formula is C29H35NO. The van der Waals surface area contributed by atoms with E-state index >= 15 is 0 Å². The van der Waals surface area contributed by atoms with E-state index in [1.54, 1.807) is 0 Å². The van der Waals surface area contributed by atoms with Crippen LogP contribution in [0, 0.1) is 0 Å². The highest BCUT2D eigenvalue weighted by atomic mass is 16.3. The Bertz CT molecular complexity index is 1060. The number of rotatable bonds is 3. The van der Waals surface area contributed by atoms with Crippen molar-refractivity contribution in [2.24, 2.45) is 0 Å². The first kappa shape index (κ1) is 21.5. The van der Waals surface area contributed by atoms with Gasteiger partial charge in [-0.15, -0.1) is 0 Å². The number of phenols is 1. The van der Waals surface area contributed by atoms with Crippen molar-refractivity contribution >= 4 is 5.69 Å². The monoisotopic (exact) mass is 413 g/mol. The van der Waals surface area contributed by atoms with Crippen LogP contribution in [0.3, 0.4) is 0 Å². The van der Waals surface area contributed by atoms with Crippen LogP contribution in [-0.2, 0) is 17.4 Å². The van der Waals surface area contributed by atoms with Crippen LogP contribution in [0.15, 0.2) is 66.7 Å². The molecule has 0 saturated carbocycles. The molecule has 1 heterocycles. The fourth-order valence-corrected chi connectivity index (χ4v) is 4.90. The molecular weight excluding hydrogens is 378 g/mol. The second-order valence-electron chi connectivity index (χ2n) is 10.4. The molecule has 1 aliphatic heterocycles. The minimum absolute atomic E-state index is 0.139. The van der Waals surface area contributed by atoms with Crippen molar-refractivity contribution in [3.63, 3.8) is 0 Å². The standard InChI is InChI=1S/C29H35NO/c1-20(2)21-7-9-24(10-8-21)29(6)27-16-15-26(31)19-22(27)17-18-30(29)25-13-11-23(12-14-25)28(3,4)5/h7-16,19-20,31H,17-18H2,1-6H3. The molecule has 1 N–H and O–H groups in total. The molecule has 0 spiro atoms. The third-order valence-electron chi connectivity index (χ3n) is 6.94. The van der Waals surface area contributed by atoms with Gasteiger partial charge in [-0.05, 0) is 76.8 Å². The molecule has 0 amide bonds. The number of benzene rings is 3. The lowest BCUT2D eigenvalue weighted by molar-refractivity contribution is 0.463. The summed E-state index contributed by atoms with van der Waals surface area (Å²) in [5, 5.41) is 10.1. The summed E-state index contributed by atoms with van der Waals surface area (Å²) >= 11 is 0. The van der Waals surface area contributed by atoms with E-state index in [0.29, 0.717) is 11.7 Å². The maximum absolute atomic E-state index is 10.1. The van der Waals surface area contributed by atoms with Crippen molar-refractivity contribution in [2.45, 2.75) is 64.8 Å². The van der Waals surface area contributed by atoms with E-state index in [0.717, 1.165) is 13.0 Å². The molecule has 4 rings (SSSR count). The molecule has 0 saturated heterocycles. The van der Waals surface area contributed by atoms with Gasteiger partial charge in [0.2, 0.25) is 0 Å². The molecule has 0 aromatic heterocycles. The van der Waals surface area contributed by atoms with Crippen molar-refractivity contribution in [1.82, 2.24) is 0 Å². The normalized spacial score (nSPS) is 18.9. The van der Waals surface area contributed by atoms with E-state index in [1.807, 2.05) is 12.1 Å².